The zero-order valence-corrected chi connectivity index (χ0v) is 9.97. The van der Waals surface area contributed by atoms with Gasteiger partial charge in [0.05, 0.1) is 5.69 Å². The van der Waals surface area contributed by atoms with Gasteiger partial charge in [0.25, 0.3) is 0 Å². The molecule has 17 heavy (non-hydrogen) atoms. The molecule has 0 atom stereocenters. The lowest BCUT2D eigenvalue weighted by Crippen LogP contribution is -2.04. The Morgan fingerprint density at radius 2 is 1.82 bits per heavy atom. The van der Waals surface area contributed by atoms with Crippen molar-refractivity contribution in [2.75, 3.05) is 7.05 Å². The second-order valence-electron chi connectivity index (χ2n) is 3.79. The molecule has 0 saturated carbocycles. The van der Waals surface area contributed by atoms with Gasteiger partial charge in [-0.1, -0.05) is 12.1 Å². The van der Waals surface area contributed by atoms with Crippen LogP contribution in [0.4, 0.5) is 0 Å². The number of nitrogens with one attached hydrogen (secondary N) is 1. The molecule has 88 valence electrons. The number of rotatable bonds is 4. The van der Waals surface area contributed by atoms with E-state index in [2.05, 4.69) is 15.5 Å². The number of ether oxygens (including phenoxy) is 1. The predicted molar refractivity (Wildman–Crippen MR) is 66.0 cm³/mol. The first-order valence-corrected chi connectivity index (χ1v) is 5.49. The van der Waals surface area contributed by atoms with Crippen LogP contribution >= 0.6 is 0 Å². The minimum absolute atomic E-state index is 0.511. The van der Waals surface area contributed by atoms with Crippen LogP contribution in [0.5, 0.6) is 11.6 Å². The summed E-state index contributed by atoms with van der Waals surface area (Å²) in [7, 11) is 1.92. The Labute approximate surface area is 101 Å². The molecule has 0 bridgehead atoms. The minimum Gasteiger partial charge on any atom is -0.438 e. The second-order valence-corrected chi connectivity index (χ2v) is 3.79. The van der Waals surface area contributed by atoms with Crippen molar-refractivity contribution >= 4 is 0 Å². The summed E-state index contributed by atoms with van der Waals surface area (Å²) >= 11 is 0. The molecule has 0 unspecified atom stereocenters. The van der Waals surface area contributed by atoms with E-state index in [4.69, 9.17) is 4.74 Å². The lowest BCUT2D eigenvalue weighted by Gasteiger charge is -2.05. The SMILES string of the molecule is CNCc1ccc(Oc2ccc(C)nn2)cc1. The zero-order chi connectivity index (χ0) is 12.1. The molecule has 0 saturated heterocycles. The molecule has 2 rings (SSSR count). The normalized spacial score (nSPS) is 10.2. The summed E-state index contributed by atoms with van der Waals surface area (Å²) in [4.78, 5) is 0. The molecule has 1 aromatic carbocycles. The minimum atomic E-state index is 0.511. The van der Waals surface area contributed by atoms with Crippen molar-refractivity contribution in [1.82, 2.24) is 15.5 Å². The Morgan fingerprint density at radius 3 is 2.41 bits per heavy atom. The van der Waals surface area contributed by atoms with Gasteiger partial charge < -0.3 is 10.1 Å². The molecule has 0 aliphatic carbocycles. The van der Waals surface area contributed by atoms with Gasteiger partial charge >= 0.3 is 0 Å². The highest BCUT2D eigenvalue weighted by atomic mass is 16.5. The van der Waals surface area contributed by atoms with Gasteiger partial charge in [-0.3, -0.25) is 0 Å². The lowest BCUT2D eigenvalue weighted by molar-refractivity contribution is 0.454. The van der Waals surface area contributed by atoms with Crippen LogP contribution in [-0.2, 0) is 6.54 Å². The van der Waals surface area contributed by atoms with Crippen molar-refractivity contribution < 1.29 is 4.74 Å². The Hall–Kier alpha value is -1.94. The summed E-state index contributed by atoms with van der Waals surface area (Å²) < 4.78 is 5.57. The summed E-state index contributed by atoms with van der Waals surface area (Å²) in [6.07, 6.45) is 0. The van der Waals surface area contributed by atoms with Crippen LogP contribution in [0.2, 0.25) is 0 Å². The van der Waals surface area contributed by atoms with Crippen molar-refractivity contribution in [3.05, 3.63) is 47.7 Å². The van der Waals surface area contributed by atoms with Crippen LogP contribution in [0.25, 0.3) is 0 Å². The van der Waals surface area contributed by atoms with E-state index in [1.807, 2.05) is 50.4 Å². The van der Waals surface area contributed by atoms with Gasteiger partial charge in [-0.25, -0.2) is 0 Å². The molecule has 0 aliphatic rings. The summed E-state index contributed by atoms with van der Waals surface area (Å²) in [5.41, 5.74) is 2.09. The van der Waals surface area contributed by atoms with Crippen LogP contribution in [0, 0.1) is 6.92 Å². The molecule has 1 aromatic heterocycles. The Bertz CT molecular complexity index is 465. The first-order valence-electron chi connectivity index (χ1n) is 5.49. The molecular weight excluding hydrogens is 214 g/mol. The van der Waals surface area contributed by atoms with Gasteiger partial charge in [-0.2, -0.15) is 5.10 Å². The number of benzene rings is 1. The summed E-state index contributed by atoms with van der Waals surface area (Å²) in [5, 5.41) is 11.0. The topological polar surface area (TPSA) is 47.0 Å². The monoisotopic (exact) mass is 229 g/mol. The number of aromatic nitrogens is 2. The van der Waals surface area contributed by atoms with Crippen LogP contribution in [0.15, 0.2) is 36.4 Å². The van der Waals surface area contributed by atoms with Crippen molar-refractivity contribution in [2.24, 2.45) is 0 Å². The number of hydrogen-bond acceptors (Lipinski definition) is 4. The standard InChI is InChI=1S/C13H15N3O/c1-10-3-8-13(16-15-10)17-12-6-4-11(5-7-12)9-14-2/h3-8,14H,9H2,1-2H3. The first-order chi connectivity index (χ1) is 8.28. The maximum Gasteiger partial charge on any atom is 0.238 e. The van der Waals surface area contributed by atoms with Crippen LogP contribution in [-0.4, -0.2) is 17.2 Å². The highest BCUT2D eigenvalue weighted by molar-refractivity contribution is 5.30. The smallest absolute Gasteiger partial charge is 0.238 e. The fourth-order valence-electron chi connectivity index (χ4n) is 1.44. The quantitative estimate of drug-likeness (QED) is 0.873. The molecule has 2 aromatic rings. The molecular formula is C13H15N3O. The largest absolute Gasteiger partial charge is 0.438 e. The maximum atomic E-state index is 5.57. The van der Waals surface area contributed by atoms with E-state index < -0.39 is 0 Å². The van der Waals surface area contributed by atoms with Gasteiger partial charge in [0.1, 0.15) is 5.75 Å². The van der Waals surface area contributed by atoms with E-state index in [0.29, 0.717) is 5.88 Å². The van der Waals surface area contributed by atoms with E-state index in [0.717, 1.165) is 18.0 Å². The summed E-state index contributed by atoms with van der Waals surface area (Å²) in [6, 6.07) is 11.6. The van der Waals surface area contributed by atoms with Crippen LogP contribution in [0.1, 0.15) is 11.3 Å². The van der Waals surface area contributed by atoms with Gasteiger partial charge in [0.15, 0.2) is 0 Å². The average Bonchev–Trinajstić information content (AvgIpc) is 2.35. The third kappa shape index (κ3) is 3.26. The number of aryl methyl sites for hydroxylation is 1. The highest BCUT2D eigenvalue weighted by Gasteiger charge is 1.99. The molecule has 0 aliphatic heterocycles. The van der Waals surface area contributed by atoms with Gasteiger partial charge in [0, 0.05) is 12.6 Å². The van der Waals surface area contributed by atoms with Crippen LogP contribution in [0.3, 0.4) is 0 Å². The van der Waals surface area contributed by atoms with Gasteiger partial charge in [0.2, 0.25) is 5.88 Å². The fourth-order valence-corrected chi connectivity index (χ4v) is 1.44. The molecule has 4 nitrogen and oxygen atoms in total. The molecule has 0 amide bonds. The number of hydrogen-bond donors (Lipinski definition) is 1. The second kappa shape index (κ2) is 5.41. The molecule has 1 heterocycles. The summed E-state index contributed by atoms with van der Waals surface area (Å²) in [5.74, 6) is 1.28. The average molecular weight is 229 g/mol. The lowest BCUT2D eigenvalue weighted by atomic mass is 10.2. The predicted octanol–water partition coefficient (Wildman–Crippen LogP) is 2.30. The Morgan fingerprint density at radius 1 is 1.06 bits per heavy atom. The maximum absolute atomic E-state index is 5.57. The van der Waals surface area contributed by atoms with E-state index in [9.17, 15) is 0 Å². The first kappa shape index (κ1) is 11.5. The Kier molecular flexibility index (Phi) is 3.67. The molecule has 4 heteroatoms. The summed E-state index contributed by atoms with van der Waals surface area (Å²) in [6.45, 7) is 2.74. The third-order valence-electron chi connectivity index (χ3n) is 2.30. The molecule has 1 N–H and O–H groups in total. The van der Waals surface area contributed by atoms with E-state index in [1.165, 1.54) is 5.56 Å². The van der Waals surface area contributed by atoms with Gasteiger partial charge in [-0.05, 0) is 37.7 Å². The molecule has 0 radical (unpaired) electrons. The molecule has 0 fully saturated rings. The van der Waals surface area contributed by atoms with Crippen molar-refractivity contribution in [3.63, 3.8) is 0 Å². The van der Waals surface area contributed by atoms with Crippen molar-refractivity contribution in [1.29, 1.82) is 0 Å². The van der Waals surface area contributed by atoms with E-state index >= 15 is 0 Å². The van der Waals surface area contributed by atoms with E-state index in [-0.39, 0.29) is 0 Å². The third-order valence-corrected chi connectivity index (χ3v) is 2.30. The van der Waals surface area contributed by atoms with Crippen molar-refractivity contribution in [3.8, 4) is 11.6 Å². The van der Waals surface area contributed by atoms with Gasteiger partial charge in [-0.15, -0.1) is 5.10 Å². The fraction of sp³-hybridized carbons (Fsp3) is 0.231. The van der Waals surface area contributed by atoms with E-state index in [1.54, 1.807) is 0 Å². The van der Waals surface area contributed by atoms with Crippen molar-refractivity contribution in [2.45, 2.75) is 13.5 Å². The zero-order valence-electron chi connectivity index (χ0n) is 9.97. The highest BCUT2D eigenvalue weighted by Crippen LogP contribution is 2.19. The number of nitrogens with zero attached hydrogens (tertiary/aromatic N) is 2. The Balaban J connectivity index is 2.05. The van der Waals surface area contributed by atoms with Crippen LogP contribution < -0.4 is 10.1 Å². The molecule has 0 spiro atoms.